The number of rotatable bonds is 4. The lowest BCUT2D eigenvalue weighted by atomic mass is 10.2. The minimum atomic E-state index is -0.429. The summed E-state index contributed by atoms with van der Waals surface area (Å²) in [7, 11) is 0. The van der Waals surface area contributed by atoms with Crippen LogP contribution in [0.3, 0.4) is 0 Å². The van der Waals surface area contributed by atoms with Gasteiger partial charge in [0.15, 0.2) is 5.96 Å². The molecule has 0 spiro atoms. The topological polar surface area (TPSA) is 30.9 Å². The van der Waals surface area contributed by atoms with Crippen molar-refractivity contribution in [2.45, 2.75) is 38.8 Å². The first-order chi connectivity index (χ1) is 11.7. The van der Waals surface area contributed by atoms with Gasteiger partial charge in [0.2, 0.25) is 0 Å². The molecule has 2 aliphatic heterocycles. The highest BCUT2D eigenvalue weighted by molar-refractivity contribution is 5.80. The second kappa shape index (κ2) is 7.92. The van der Waals surface area contributed by atoms with Crippen LogP contribution in [0.1, 0.15) is 31.7 Å². The Morgan fingerprint density at radius 2 is 2.04 bits per heavy atom. The van der Waals surface area contributed by atoms with E-state index in [1.807, 2.05) is 6.92 Å². The van der Waals surface area contributed by atoms with Crippen molar-refractivity contribution in [2.75, 3.05) is 32.7 Å². The zero-order valence-electron chi connectivity index (χ0n) is 14.3. The summed E-state index contributed by atoms with van der Waals surface area (Å²) in [5, 5.41) is 3.28. The summed E-state index contributed by atoms with van der Waals surface area (Å²) in [5.74, 6) is -0.0444. The third-order valence-electron chi connectivity index (χ3n) is 4.86. The van der Waals surface area contributed by atoms with Crippen molar-refractivity contribution < 1.29 is 8.78 Å². The van der Waals surface area contributed by atoms with Gasteiger partial charge >= 0.3 is 0 Å². The molecule has 132 valence electrons. The molecule has 24 heavy (non-hydrogen) atoms. The molecule has 3 rings (SSSR count). The molecule has 2 fully saturated rings. The van der Waals surface area contributed by atoms with Gasteiger partial charge in [-0.15, -0.1) is 0 Å². The van der Waals surface area contributed by atoms with Gasteiger partial charge in [0, 0.05) is 31.2 Å². The Morgan fingerprint density at radius 1 is 1.25 bits per heavy atom. The lowest BCUT2D eigenvalue weighted by Crippen LogP contribution is -2.42. The molecule has 0 saturated carbocycles. The predicted octanol–water partition coefficient (Wildman–Crippen LogP) is 2.60. The van der Waals surface area contributed by atoms with E-state index >= 15 is 0 Å². The SMILES string of the molecule is CCNC(=NCc1cc(F)ccc1F)N1CCC(N2CCCC2)C1. The Bertz CT molecular complexity index is 584. The van der Waals surface area contributed by atoms with E-state index in [9.17, 15) is 8.78 Å². The van der Waals surface area contributed by atoms with Crippen LogP contribution in [-0.2, 0) is 6.54 Å². The Morgan fingerprint density at radius 3 is 2.79 bits per heavy atom. The third kappa shape index (κ3) is 4.04. The average Bonchev–Trinajstić information content (AvgIpc) is 3.25. The number of hydrogen-bond donors (Lipinski definition) is 1. The predicted molar refractivity (Wildman–Crippen MR) is 92.0 cm³/mol. The highest BCUT2D eigenvalue weighted by Gasteiger charge is 2.30. The molecule has 0 aromatic heterocycles. The monoisotopic (exact) mass is 336 g/mol. The first-order valence-corrected chi connectivity index (χ1v) is 8.88. The molecule has 1 N–H and O–H groups in total. The van der Waals surface area contributed by atoms with Crippen molar-refractivity contribution in [1.29, 1.82) is 0 Å². The van der Waals surface area contributed by atoms with E-state index < -0.39 is 11.6 Å². The number of hydrogen-bond acceptors (Lipinski definition) is 2. The Labute approximate surface area is 142 Å². The van der Waals surface area contributed by atoms with Gasteiger partial charge in [-0.25, -0.2) is 13.8 Å². The molecule has 0 amide bonds. The van der Waals surface area contributed by atoms with Gasteiger partial charge < -0.3 is 10.2 Å². The zero-order chi connectivity index (χ0) is 16.9. The fraction of sp³-hybridized carbons (Fsp3) is 0.611. The Balaban J connectivity index is 1.66. The van der Waals surface area contributed by atoms with Crippen LogP contribution in [0.15, 0.2) is 23.2 Å². The zero-order valence-corrected chi connectivity index (χ0v) is 14.3. The molecule has 1 atom stereocenters. The van der Waals surface area contributed by atoms with Gasteiger partial charge in [-0.05, 0) is 57.5 Å². The van der Waals surface area contributed by atoms with E-state index in [1.54, 1.807) is 0 Å². The minimum Gasteiger partial charge on any atom is -0.357 e. The van der Waals surface area contributed by atoms with Crippen molar-refractivity contribution in [3.8, 4) is 0 Å². The molecule has 2 saturated heterocycles. The largest absolute Gasteiger partial charge is 0.357 e. The number of benzene rings is 1. The van der Waals surface area contributed by atoms with Crippen molar-refractivity contribution in [2.24, 2.45) is 4.99 Å². The van der Waals surface area contributed by atoms with Crippen LogP contribution in [0.4, 0.5) is 8.78 Å². The number of halogens is 2. The molecule has 1 unspecified atom stereocenters. The summed E-state index contributed by atoms with van der Waals surface area (Å²) in [4.78, 5) is 9.34. The average molecular weight is 336 g/mol. The van der Waals surface area contributed by atoms with Crippen molar-refractivity contribution in [3.63, 3.8) is 0 Å². The molecular formula is C18H26F2N4. The smallest absolute Gasteiger partial charge is 0.194 e. The van der Waals surface area contributed by atoms with Crippen LogP contribution in [0.5, 0.6) is 0 Å². The number of likely N-dealkylation sites (tertiary alicyclic amines) is 2. The lowest BCUT2D eigenvalue weighted by molar-refractivity contribution is 0.249. The summed E-state index contributed by atoms with van der Waals surface area (Å²) >= 11 is 0. The summed E-state index contributed by atoms with van der Waals surface area (Å²) in [6.45, 7) is 7.23. The van der Waals surface area contributed by atoms with Gasteiger partial charge in [0.25, 0.3) is 0 Å². The summed E-state index contributed by atoms with van der Waals surface area (Å²) in [6.07, 6.45) is 3.73. The lowest BCUT2D eigenvalue weighted by Gasteiger charge is -2.25. The number of guanidine groups is 1. The number of nitrogens with zero attached hydrogens (tertiary/aromatic N) is 3. The Kier molecular flexibility index (Phi) is 5.66. The summed E-state index contributed by atoms with van der Waals surface area (Å²) in [6, 6.07) is 4.10. The van der Waals surface area contributed by atoms with E-state index in [0.717, 1.165) is 44.1 Å². The van der Waals surface area contributed by atoms with E-state index in [1.165, 1.54) is 32.0 Å². The van der Waals surface area contributed by atoms with E-state index in [2.05, 4.69) is 20.1 Å². The molecule has 4 nitrogen and oxygen atoms in total. The van der Waals surface area contributed by atoms with E-state index in [4.69, 9.17) is 0 Å². The normalized spacial score (nSPS) is 22.4. The molecule has 6 heteroatoms. The molecule has 2 heterocycles. The van der Waals surface area contributed by atoms with Gasteiger partial charge in [-0.3, -0.25) is 4.90 Å². The highest BCUT2D eigenvalue weighted by Crippen LogP contribution is 2.20. The molecule has 2 aliphatic rings. The van der Waals surface area contributed by atoms with Crippen LogP contribution in [-0.4, -0.2) is 54.5 Å². The number of aliphatic imine (C=N–C) groups is 1. The van der Waals surface area contributed by atoms with Crippen molar-refractivity contribution in [1.82, 2.24) is 15.1 Å². The van der Waals surface area contributed by atoms with Crippen LogP contribution in [0, 0.1) is 11.6 Å². The van der Waals surface area contributed by atoms with Gasteiger partial charge in [0.05, 0.1) is 6.54 Å². The minimum absolute atomic E-state index is 0.150. The summed E-state index contributed by atoms with van der Waals surface area (Å²) < 4.78 is 27.1. The fourth-order valence-electron chi connectivity index (χ4n) is 3.59. The van der Waals surface area contributed by atoms with Gasteiger partial charge in [-0.1, -0.05) is 0 Å². The fourth-order valence-corrected chi connectivity index (χ4v) is 3.59. The quantitative estimate of drug-likeness (QED) is 0.677. The van der Waals surface area contributed by atoms with Crippen LogP contribution < -0.4 is 5.32 Å². The van der Waals surface area contributed by atoms with Gasteiger partial charge in [0.1, 0.15) is 11.6 Å². The maximum atomic E-state index is 13.8. The highest BCUT2D eigenvalue weighted by atomic mass is 19.1. The summed E-state index contributed by atoms with van der Waals surface area (Å²) in [5.41, 5.74) is 0.292. The number of nitrogens with one attached hydrogen (secondary N) is 1. The Hall–Kier alpha value is -1.69. The maximum Gasteiger partial charge on any atom is 0.194 e. The first-order valence-electron chi connectivity index (χ1n) is 8.88. The van der Waals surface area contributed by atoms with Crippen LogP contribution in [0.25, 0.3) is 0 Å². The van der Waals surface area contributed by atoms with Crippen molar-refractivity contribution in [3.05, 3.63) is 35.4 Å². The second-order valence-corrected chi connectivity index (χ2v) is 6.54. The molecule has 0 radical (unpaired) electrons. The van der Waals surface area contributed by atoms with E-state index in [-0.39, 0.29) is 6.54 Å². The van der Waals surface area contributed by atoms with Crippen molar-refractivity contribution >= 4 is 5.96 Å². The molecule has 0 bridgehead atoms. The van der Waals surface area contributed by atoms with Crippen LogP contribution in [0.2, 0.25) is 0 Å². The molecular weight excluding hydrogens is 310 g/mol. The maximum absolute atomic E-state index is 13.8. The van der Waals surface area contributed by atoms with Crippen LogP contribution >= 0.6 is 0 Å². The van der Waals surface area contributed by atoms with Gasteiger partial charge in [-0.2, -0.15) is 0 Å². The first kappa shape index (κ1) is 17.1. The second-order valence-electron chi connectivity index (χ2n) is 6.54. The van der Waals surface area contributed by atoms with E-state index in [0.29, 0.717) is 11.6 Å². The molecule has 0 aliphatic carbocycles. The standard InChI is InChI=1S/C18H26F2N4/c1-2-21-18(22-12-14-11-15(19)5-6-17(14)20)24-10-7-16(13-24)23-8-3-4-9-23/h5-6,11,16H,2-4,7-10,12-13H2,1H3,(H,21,22). The molecule has 1 aromatic carbocycles. The third-order valence-corrected chi connectivity index (χ3v) is 4.86. The molecule has 1 aromatic rings.